The maximum atomic E-state index is 13.2. The number of carbonyl (C=O) groups is 1. The van der Waals surface area contributed by atoms with Gasteiger partial charge in [-0.3, -0.25) is 4.79 Å². The van der Waals surface area contributed by atoms with Gasteiger partial charge in [-0.1, -0.05) is 24.6 Å². The zero-order chi connectivity index (χ0) is 19.7. The van der Waals surface area contributed by atoms with E-state index in [4.69, 9.17) is 5.73 Å². The van der Waals surface area contributed by atoms with E-state index in [1.54, 1.807) is 0 Å². The van der Waals surface area contributed by atoms with E-state index < -0.39 is 0 Å². The smallest absolute Gasteiger partial charge is 0.254 e. The van der Waals surface area contributed by atoms with Gasteiger partial charge in [0.2, 0.25) is 0 Å². The summed E-state index contributed by atoms with van der Waals surface area (Å²) < 4.78 is 2.03. The van der Waals surface area contributed by atoms with Crippen LogP contribution >= 0.6 is 0 Å². The molecule has 4 N–H and O–H groups in total. The number of nitrogens with two attached hydrogens (primary N) is 1. The summed E-state index contributed by atoms with van der Waals surface area (Å²) in [4.78, 5) is 16.7. The quantitative estimate of drug-likeness (QED) is 0.319. The van der Waals surface area contributed by atoms with Gasteiger partial charge in [-0.25, -0.2) is 4.57 Å². The number of aromatic amines is 1. The first-order valence-electron chi connectivity index (χ1n) is 9.92. The van der Waals surface area contributed by atoms with Crippen LogP contribution in [0.25, 0.3) is 32.6 Å². The van der Waals surface area contributed by atoms with Crippen LogP contribution in [0.1, 0.15) is 35.2 Å². The molecule has 1 amide bonds. The predicted octanol–water partition coefficient (Wildman–Crippen LogP) is 0.470. The first kappa shape index (κ1) is 21.1. The number of benzene rings is 2. The van der Waals surface area contributed by atoms with Gasteiger partial charge >= 0.3 is 0 Å². The average Bonchev–Trinajstić information content (AvgIpc) is 3.08. The fourth-order valence-corrected chi connectivity index (χ4v) is 4.08. The van der Waals surface area contributed by atoms with Crippen LogP contribution in [-0.4, -0.2) is 24.0 Å². The van der Waals surface area contributed by atoms with Gasteiger partial charge in [-0.15, -0.1) is 0 Å². The zero-order valence-electron chi connectivity index (χ0n) is 16.9. The molecule has 0 spiro atoms. The molecule has 0 saturated carbocycles. The highest BCUT2D eigenvalue weighted by Crippen LogP contribution is 2.36. The van der Waals surface area contributed by atoms with Crippen LogP contribution in [0.4, 0.5) is 0 Å². The Kier molecular flexibility index (Phi) is 6.40. The number of nitrogens with zero attached hydrogens (tertiary/aromatic N) is 1. The Bertz CT molecular complexity index is 1180. The maximum Gasteiger partial charge on any atom is 0.254 e. The summed E-state index contributed by atoms with van der Waals surface area (Å²) in [6.07, 6.45) is 7.06. The summed E-state index contributed by atoms with van der Waals surface area (Å²) >= 11 is 0. The number of rotatable bonds is 6. The Morgan fingerprint density at radius 2 is 1.90 bits per heavy atom. The molecule has 2 aromatic carbocycles. The number of unbranched alkanes of at least 4 members (excludes halogenated alkanes) is 2. The maximum absolute atomic E-state index is 13.2. The van der Waals surface area contributed by atoms with E-state index in [2.05, 4.69) is 35.6 Å². The minimum Gasteiger partial charge on any atom is -1.00 e. The number of H-pyrrole nitrogens is 1. The molecule has 2 aromatic heterocycles. The lowest BCUT2D eigenvalue weighted by atomic mass is 9.95. The van der Waals surface area contributed by atoms with Crippen molar-refractivity contribution < 1.29 is 21.8 Å². The second-order valence-corrected chi connectivity index (χ2v) is 7.46. The average molecular weight is 411 g/mol. The number of hydrogen-bond acceptors (Lipinski definition) is 2. The summed E-state index contributed by atoms with van der Waals surface area (Å²) in [5, 5.41) is 7.48. The van der Waals surface area contributed by atoms with E-state index in [1.165, 1.54) is 5.56 Å². The second kappa shape index (κ2) is 8.80. The largest absolute Gasteiger partial charge is 1.00 e. The molecule has 0 atom stereocenters. The van der Waals surface area contributed by atoms with E-state index in [0.717, 1.165) is 57.4 Å². The lowest BCUT2D eigenvalue weighted by Gasteiger charge is -2.12. The van der Waals surface area contributed by atoms with Crippen molar-refractivity contribution in [2.45, 2.75) is 26.2 Å². The zero-order valence-corrected chi connectivity index (χ0v) is 17.6. The lowest BCUT2D eigenvalue weighted by Crippen LogP contribution is -3.00. The summed E-state index contributed by atoms with van der Waals surface area (Å²) in [6, 6.07) is 10.3. The first-order valence-corrected chi connectivity index (χ1v) is 9.92. The van der Waals surface area contributed by atoms with Crippen LogP contribution in [0.5, 0.6) is 0 Å². The number of aryl methyl sites for hydroxylation is 2. The topological polar surface area (TPSA) is 74.8 Å². The molecule has 0 bridgehead atoms. The number of para-hydroxylation sites is 1. The third kappa shape index (κ3) is 3.80. The molecule has 6 heteroatoms. The lowest BCUT2D eigenvalue weighted by molar-refractivity contribution is -0.670. The molecule has 0 saturated heterocycles. The molecular weight excluding hydrogens is 384 g/mol. The van der Waals surface area contributed by atoms with Crippen molar-refractivity contribution in [3.63, 3.8) is 0 Å². The van der Waals surface area contributed by atoms with Crippen LogP contribution in [0.2, 0.25) is 0 Å². The van der Waals surface area contributed by atoms with Gasteiger partial charge in [0.1, 0.15) is 7.05 Å². The molecule has 0 unspecified atom stereocenters. The molecule has 0 aliphatic rings. The minimum absolute atomic E-state index is 0. The fraction of sp³-hybridized carbons (Fsp3) is 0.304. The Hall–Kier alpha value is -2.63. The third-order valence-electron chi connectivity index (χ3n) is 5.50. The highest BCUT2D eigenvalue weighted by molar-refractivity contribution is 6.24. The molecule has 0 aliphatic carbocycles. The molecule has 0 aliphatic heterocycles. The van der Waals surface area contributed by atoms with Gasteiger partial charge < -0.3 is 28.4 Å². The van der Waals surface area contributed by atoms with Crippen LogP contribution < -0.4 is 28.0 Å². The number of nitrogens with one attached hydrogen (secondary N) is 2. The van der Waals surface area contributed by atoms with E-state index >= 15 is 0 Å². The normalized spacial score (nSPS) is 11.1. The number of fused-ring (bicyclic) bond motifs is 4. The van der Waals surface area contributed by atoms with Gasteiger partial charge in [0.25, 0.3) is 5.91 Å². The van der Waals surface area contributed by atoms with E-state index in [-0.39, 0.29) is 18.3 Å². The van der Waals surface area contributed by atoms with Crippen LogP contribution in [0.3, 0.4) is 0 Å². The van der Waals surface area contributed by atoms with Crippen LogP contribution in [-0.2, 0) is 7.05 Å². The molecule has 4 rings (SSSR count). The number of hydrogen-bond donors (Lipinski definition) is 3. The third-order valence-corrected chi connectivity index (χ3v) is 5.50. The minimum atomic E-state index is -0.0249. The molecule has 2 heterocycles. The van der Waals surface area contributed by atoms with Gasteiger partial charge in [0.05, 0.1) is 16.5 Å². The molecule has 5 nitrogen and oxygen atoms in total. The highest BCUT2D eigenvalue weighted by atomic mass is 35.5. The van der Waals surface area contributed by atoms with Crippen molar-refractivity contribution in [1.82, 2.24) is 10.3 Å². The standard InChI is InChI=1S/C23H26N4O.ClH/c1-15-18-14-27(2)13-10-16(18)21(23(28)25-12-7-3-6-11-24)22-20(15)17-8-4-5-9-19(17)26-22;/h4-5,8-10,13-14H,3,6-7,11-12,24H2,1-2H3,(H,25,28);1H. The SMILES string of the molecule is Cc1c2c[n+](C)ccc2c(C(=O)NCCCCCN)c2[nH]c3ccccc3c12.[Cl-]. The summed E-state index contributed by atoms with van der Waals surface area (Å²) in [6.45, 7) is 3.50. The number of carbonyl (C=O) groups excluding carboxylic acids is 1. The van der Waals surface area contributed by atoms with Crippen LogP contribution in [0, 0.1) is 6.92 Å². The second-order valence-electron chi connectivity index (χ2n) is 7.46. The summed E-state index contributed by atoms with van der Waals surface area (Å²) in [5.74, 6) is -0.0249. The van der Waals surface area contributed by atoms with Gasteiger partial charge in [-0.2, -0.15) is 0 Å². The number of pyridine rings is 1. The van der Waals surface area contributed by atoms with Crippen molar-refractivity contribution in [3.05, 3.63) is 53.9 Å². The Balaban J connectivity index is 0.00000240. The van der Waals surface area contributed by atoms with Crippen molar-refractivity contribution >= 4 is 38.5 Å². The molecule has 0 fully saturated rings. The number of amides is 1. The Morgan fingerprint density at radius 1 is 1.10 bits per heavy atom. The van der Waals surface area contributed by atoms with Crippen molar-refractivity contribution in [2.24, 2.45) is 12.8 Å². The van der Waals surface area contributed by atoms with Crippen molar-refractivity contribution in [3.8, 4) is 0 Å². The number of halogens is 1. The van der Waals surface area contributed by atoms with Crippen LogP contribution in [0.15, 0.2) is 42.7 Å². The van der Waals surface area contributed by atoms with E-state index in [0.29, 0.717) is 13.1 Å². The predicted molar refractivity (Wildman–Crippen MR) is 114 cm³/mol. The monoisotopic (exact) mass is 410 g/mol. The van der Waals surface area contributed by atoms with Gasteiger partial charge in [0.15, 0.2) is 12.4 Å². The van der Waals surface area contributed by atoms with Gasteiger partial charge in [0, 0.05) is 34.3 Å². The summed E-state index contributed by atoms with van der Waals surface area (Å²) in [5.41, 5.74) is 9.45. The highest BCUT2D eigenvalue weighted by Gasteiger charge is 2.21. The van der Waals surface area contributed by atoms with Crippen molar-refractivity contribution in [2.75, 3.05) is 13.1 Å². The first-order chi connectivity index (χ1) is 13.6. The molecular formula is C23H27ClN4O. The summed E-state index contributed by atoms with van der Waals surface area (Å²) in [7, 11) is 2.01. The van der Waals surface area contributed by atoms with Crippen molar-refractivity contribution in [1.29, 1.82) is 0 Å². The van der Waals surface area contributed by atoms with E-state index in [9.17, 15) is 4.79 Å². The van der Waals surface area contributed by atoms with E-state index in [1.807, 2.05) is 36.0 Å². The molecule has 4 aromatic rings. The Labute approximate surface area is 176 Å². The fourth-order valence-electron chi connectivity index (χ4n) is 4.08. The Morgan fingerprint density at radius 3 is 2.69 bits per heavy atom. The van der Waals surface area contributed by atoms with Gasteiger partial charge in [-0.05, 0) is 37.9 Å². The number of aromatic nitrogens is 2. The molecule has 0 radical (unpaired) electrons. The molecule has 152 valence electrons. The molecule has 29 heavy (non-hydrogen) atoms.